The van der Waals surface area contributed by atoms with Gasteiger partial charge >= 0.3 is 5.97 Å². The summed E-state index contributed by atoms with van der Waals surface area (Å²) in [6.45, 7) is 2.33. The molecule has 14 heavy (non-hydrogen) atoms. The molecule has 0 spiro atoms. The van der Waals surface area contributed by atoms with Crippen LogP contribution in [-0.4, -0.2) is 11.1 Å². The number of esters is 1. The van der Waals surface area contributed by atoms with Gasteiger partial charge in [-0.15, -0.1) is 0 Å². The monoisotopic (exact) mass is 202 g/mol. The molecule has 0 fully saturated rings. The second-order valence-electron chi connectivity index (χ2n) is 2.76. The molecule has 0 saturated carbocycles. The van der Waals surface area contributed by atoms with E-state index < -0.39 is 29.1 Å². The fraction of sp³-hybridized carbons (Fsp3) is 0.222. The Kier molecular flexibility index (Phi) is 2.69. The van der Waals surface area contributed by atoms with Crippen molar-refractivity contribution in [2.45, 2.75) is 13.8 Å². The molecule has 0 radical (unpaired) electrons. The molecular formula is C9H8F2O3. The third-order valence-electron chi connectivity index (χ3n) is 1.57. The zero-order valence-electron chi connectivity index (χ0n) is 7.60. The number of aryl methyl sites for hydroxylation is 1. The van der Waals surface area contributed by atoms with E-state index in [4.69, 9.17) is 5.11 Å². The number of hydrogen-bond acceptors (Lipinski definition) is 3. The largest absolute Gasteiger partial charge is 0.505 e. The predicted molar refractivity (Wildman–Crippen MR) is 44.1 cm³/mol. The Morgan fingerprint density at radius 2 is 2.00 bits per heavy atom. The Morgan fingerprint density at radius 1 is 1.43 bits per heavy atom. The standard InChI is InChI=1S/C9H8F2O3/c1-4-3-6(13)8(11)9(7(4)10)14-5(2)12/h3,13H,1-2H3. The van der Waals surface area contributed by atoms with Crippen molar-refractivity contribution >= 4 is 5.97 Å². The number of ether oxygens (including phenoxy) is 1. The molecule has 0 unspecified atom stereocenters. The van der Waals surface area contributed by atoms with Crippen LogP contribution in [0.25, 0.3) is 0 Å². The molecule has 0 aliphatic carbocycles. The SMILES string of the molecule is CC(=O)Oc1c(F)c(C)cc(O)c1F. The minimum Gasteiger partial charge on any atom is -0.505 e. The van der Waals surface area contributed by atoms with Gasteiger partial charge in [0.05, 0.1) is 0 Å². The normalized spacial score (nSPS) is 10.0. The Hall–Kier alpha value is -1.65. The quantitative estimate of drug-likeness (QED) is 0.558. The maximum atomic E-state index is 13.2. The number of benzene rings is 1. The summed E-state index contributed by atoms with van der Waals surface area (Å²) in [5, 5.41) is 8.99. The van der Waals surface area contributed by atoms with Gasteiger partial charge in [0.25, 0.3) is 0 Å². The fourth-order valence-corrected chi connectivity index (χ4v) is 0.957. The van der Waals surface area contributed by atoms with E-state index in [0.717, 1.165) is 13.0 Å². The molecule has 5 heteroatoms. The first-order valence-corrected chi connectivity index (χ1v) is 3.79. The smallest absolute Gasteiger partial charge is 0.308 e. The highest BCUT2D eigenvalue weighted by molar-refractivity contribution is 5.69. The number of hydrogen-bond donors (Lipinski definition) is 1. The van der Waals surface area contributed by atoms with Crippen molar-refractivity contribution in [2.75, 3.05) is 0 Å². The Bertz CT molecular complexity index is 362. The Labute approximate surface area is 78.9 Å². The van der Waals surface area contributed by atoms with Gasteiger partial charge in [-0.1, -0.05) is 0 Å². The van der Waals surface area contributed by atoms with Crippen LogP contribution in [0, 0.1) is 18.6 Å². The molecule has 0 bridgehead atoms. The molecular weight excluding hydrogens is 194 g/mol. The summed E-state index contributed by atoms with van der Waals surface area (Å²) in [5.41, 5.74) is 0.000139. The summed E-state index contributed by atoms with van der Waals surface area (Å²) < 4.78 is 30.5. The number of carbonyl (C=O) groups excluding carboxylic acids is 1. The summed E-state index contributed by atoms with van der Waals surface area (Å²) in [6, 6.07) is 0.914. The van der Waals surface area contributed by atoms with Crippen molar-refractivity contribution in [3.63, 3.8) is 0 Å². The van der Waals surface area contributed by atoms with Gasteiger partial charge in [0.2, 0.25) is 11.6 Å². The van der Waals surface area contributed by atoms with Crippen LogP contribution in [0.3, 0.4) is 0 Å². The van der Waals surface area contributed by atoms with Crippen LogP contribution in [0.2, 0.25) is 0 Å². The molecule has 1 rings (SSSR count). The minimum atomic E-state index is -1.27. The van der Waals surface area contributed by atoms with Gasteiger partial charge in [0.15, 0.2) is 11.6 Å². The third-order valence-corrected chi connectivity index (χ3v) is 1.57. The van der Waals surface area contributed by atoms with Crippen molar-refractivity contribution in [1.82, 2.24) is 0 Å². The predicted octanol–water partition coefficient (Wildman–Crippen LogP) is 1.90. The zero-order valence-corrected chi connectivity index (χ0v) is 7.60. The molecule has 3 nitrogen and oxygen atoms in total. The van der Waals surface area contributed by atoms with Crippen LogP contribution in [0.15, 0.2) is 6.07 Å². The van der Waals surface area contributed by atoms with E-state index in [1.54, 1.807) is 0 Å². The topological polar surface area (TPSA) is 46.5 Å². The van der Waals surface area contributed by atoms with E-state index in [2.05, 4.69) is 4.74 Å². The molecule has 76 valence electrons. The zero-order chi connectivity index (χ0) is 10.9. The van der Waals surface area contributed by atoms with Crippen LogP contribution in [0.1, 0.15) is 12.5 Å². The molecule has 1 N–H and O–H groups in total. The van der Waals surface area contributed by atoms with Crippen LogP contribution in [-0.2, 0) is 4.79 Å². The van der Waals surface area contributed by atoms with Gasteiger partial charge in [-0.2, -0.15) is 4.39 Å². The molecule has 0 amide bonds. The van der Waals surface area contributed by atoms with Gasteiger partial charge in [-0.05, 0) is 18.6 Å². The average Bonchev–Trinajstić information content (AvgIpc) is 2.09. The molecule has 0 heterocycles. The van der Waals surface area contributed by atoms with E-state index in [0.29, 0.717) is 0 Å². The first kappa shape index (κ1) is 10.4. The van der Waals surface area contributed by atoms with Crippen LogP contribution >= 0.6 is 0 Å². The van der Waals surface area contributed by atoms with Crippen molar-refractivity contribution in [1.29, 1.82) is 0 Å². The van der Waals surface area contributed by atoms with Gasteiger partial charge in [0, 0.05) is 6.92 Å². The second kappa shape index (κ2) is 3.61. The highest BCUT2D eigenvalue weighted by atomic mass is 19.1. The lowest BCUT2D eigenvalue weighted by Crippen LogP contribution is -2.06. The maximum Gasteiger partial charge on any atom is 0.308 e. The fourth-order valence-electron chi connectivity index (χ4n) is 0.957. The van der Waals surface area contributed by atoms with Crippen molar-refractivity contribution < 1.29 is 23.4 Å². The summed E-state index contributed by atoms with van der Waals surface area (Å²) in [6.07, 6.45) is 0. The van der Waals surface area contributed by atoms with Crippen molar-refractivity contribution in [2.24, 2.45) is 0 Å². The van der Waals surface area contributed by atoms with Crippen LogP contribution in [0.4, 0.5) is 8.78 Å². The van der Waals surface area contributed by atoms with E-state index in [1.807, 2.05) is 0 Å². The van der Waals surface area contributed by atoms with E-state index in [-0.39, 0.29) is 5.56 Å². The van der Waals surface area contributed by atoms with Gasteiger partial charge in [-0.25, -0.2) is 4.39 Å². The molecule has 0 aromatic heterocycles. The molecule has 1 aromatic carbocycles. The Balaban J connectivity index is 3.31. The van der Waals surface area contributed by atoms with E-state index >= 15 is 0 Å². The van der Waals surface area contributed by atoms with E-state index in [1.165, 1.54) is 6.92 Å². The van der Waals surface area contributed by atoms with Crippen molar-refractivity contribution in [3.05, 3.63) is 23.3 Å². The van der Waals surface area contributed by atoms with Gasteiger partial charge < -0.3 is 9.84 Å². The molecule has 0 saturated heterocycles. The number of phenols is 1. The number of halogens is 2. The highest BCUT2D eigenvalue weighted by Gasteiger charge is 2.19. The summed E-state index contributed by atoms with van der Waals surface area (Å²) in [7, 11) is 0. The number of carbonyl (C=O) groups is 1. The lowest BCUT2D eigenvalue weighted by molar-refractivity contribution is -0.132. The van der Waals surface area contributed by atoms with Gasteiger partial charge in [0.1, 0.15) is 0 Å². The number of aromatic hydroxyl groups is 1. The summed E-state index contributed by atoms with van der Waals surface area (Å²) in [4.78, 5) is 10.5. The third kappa shape index (κ3) is 1.81. The van der Waals surface area contributed by atoms with Gasteiger partial charge in [-0.3, -0.25) is 4.79 Å². The lowest BCUT2D eigenvalue weighted by Gasteiger charge is -2.07. The summed E-state index contributed by atoms with van der Waals surface area (Å²) >= 11 is 0. The van der Waals surface area contributed by atoms with Crippen molar-refractivity contribution in [3.8, 4) is 11.5 Å². The lowest BCUT2D eigenvalue weighted by atomic mass is 10.2. The van der Waals surface area contributed by atoms with E-state index in [9.17, 15) is 13.6 Å². The highest BCUT2D eigenvalue weighted by Crippen LogP contribution is 2.31. The van der Waals surface area contributed by atoms with Crippen LogP contribution in [0.5, 0.6) is 11.5 Å². The first-order valence-electron chi connectivity index (χ1n) is 3.79. The Morgan fingerprint density at radius 3 is 2.50 bits per heavy atom. The molecule has 0 aliphatic heterocycles. The molecule has 0 aliphatic rings. The maximum absolute atomic E-state index is 13.2. The number of rotatable bonds is 1. The molecule has 0 atom stereocenters. The average molecular weight is 202 g/mol. The van der Waals surface area contributed by atoms with Crippen LogP contribution < -0.4 is 4.74 Å². The molecule has 1 aromatic rings. The second-order valence-corrected chi connectivity index (χ2v) is 2.76. The first-order chi connectivity index (χ1) is 6.43. The summed E-state index contributed by atoms with van der Waals surface area (Å²) in [5.74, 6) is -4.73. The minimum absolute atomic E-state index is 0.000139. The number of phenolic OH excluding ortho intramolecular Hbond substituents is 1.